The molecule has 2 rings (SSSR count). The Kier molecular flexibility index (Phi) is 6.72. The van der Waals surface area contributed by atoms with Gasteiger partial charge in [0, 0.05) is 6.04 Å². The molecule has 1 aliphatic heterocycles. The number of nitrogens with zero attached hydrogens (tertiary/aromatic N) is 1. The van der Waals surface area contributed by atoms with Crippen molar-refractivity contribution in [3.05, 3.63) is 35.9 Å². The first-order valence-corrected chi connectivity index (χ1v) is 8.65. The lowest BCUT2D eigenvalue weighted by atomic mass is 9.89. The summed E-state index contributed by atoms with van der Waals surface area (Å²) >= 11 is 0. The Morgan fingerprint density at radius 1 is 1.14 bits per heavy atom. The van der Waals surface area contributed by atoms with Crippen LogP contribution < -0.4 is 5.32 Å². The molecule has 21 heavy (non-hydrogen) atoms. The quantitative estimate of drug-likeness (QED) is 0.848. The van der Waals surface area contributed by atoms with E-state index >= 15 is 0 Å². The molecule has 0 amide bonds. The average Bonchev–Trinajstić information content (AvgIpc) is 2.75. The van der Waals surface area contributed by atoms with Crippen LogP contribution in [-0.4, -0.2) is 31.6 Å². The van der Waals surface area contributed by atoms with Crippen LogP contribution in [0.4, 0.5) is 0 Å². The summed E-state index contributed by atoms with van der Waals surface area (Å²) < 4.78 is 0. The number of hydrogen-bond acceptors (Lipinski definition) is 2. The maximum absolute atomic E-state index is 3.47. The first-order chi connectivity index (χ1) is 10.2. The number of likely N-dealkylation sites (tertiary alicyclic amines) is 1. The van der Waals surface area contributed by atoms with E-state index < -0.39 is 0 Å². The third-order valence-electron chi connectivity index (χ3n) is 5.09. The fraction of sp³-hybridized carbons (Fsp3) is 0.684. The van der Waals surface area contributed by atoms with Gasteiger partial charge in [0.15, 0.2) is 0 Å². The molecule has 0 radical (unpaired) electrons. The van der Waals surface area contributed by atoms with Crippen LogP contribution in [-0.2, 0) is 0 Å². The molecule has 2 atom stereocenters. The summed E-state index contributed by atoms with van der Waals surface area (Å²) in [4.78, 5) is 2.68. The highest BCUT2D eigenvalue weighted by Crippen LogP contribution is 2.25. The van der Waals surface area contributed by atoms with E-state index in [1.54, 1.807) is 0 Å². The van der Waals surface area contributed by atoms with Crippen molar-refractivity contribution in [2.45, 2.75) is 45.6 Å². The van der Waals surface area contributed by atoms with E-state index in [0.717, 1.165) is 11.8 Å². The third kappa shape index (κ3) is 5.12. The van der Waals surface area contributed by atoms with Crippen molar-refractivity contribution in [3.8, 4) is 0 Å². The SMILES string of the molecule is CNC(CCN1CCCC(C(C)C)CC1)c1ccccc1. The predicted octanol–water partition coefficient (Wildman–Crippen LogP) is 4.10. The van der Waals surface area contributed by atoms with Gasteiger partial charge in [-0.15, -0.1) is 0 Å². The van der Waals surface area contributed by atoms with Crippen LogP contribution in [0.15, 0.2) is 30.3 Å². The van der Waals surface area contributed by atoms with Gasteiger partial charge in [0.2, 0.25) is 0 Å². The van der Waals surface area contributed by atoms with Crippen molar-refractivity contribution < 1.29 is 0 Å². The zero-order valence-corrected chi connectivity index (χ0v) is 14.0. The second-order valence-electron chi connectivity index (χ2n) is 6.82. The summed E-state index contributed by atoms with van der Waals surface area (Å²) in [5.74, 6) is 1.78. The van der Waals surface area contributed by atoms with E-state index in [4.69, 9.17) is 0 Å². The van der Waals surface area contributed by atoms with E-state index in [0.29, 0.717) is 6.04 Å². The molecule has 1 fully saturated rings. The van der Waals surface area contributed by atoms with Gasteiger partial charge in [0.25, 0.3) is 0 Å². The lowest BCUT2D eigenvalue weighted by Gasteiger charge is -2.24. The standard InChI is InChI=1S/C19H32N2/c1-16(2)17-10-7-13-21(14-11-17)15-12-19(20-3)18-8-5-4-6-9-18/h4-6,8-9,16-17,19-20H,7,10-15H2,1-3H3. The first kappa shape index (κ1) is 16.5. The van der Waals surface area contributed by atoms with E-state index in [1.165, 1.54) is 50.9 Å². The van der Waals surface area contributed by atoms with Crippen LogP contribution in [0.1, 0.15) is 51.1 Å². The van der Waals surface area contributed by atoms with Gasteiger partial charge in [-0.2, -0.15) is 0 Å². The molecule has 0 aliphatic carbocycles. The van der Waals surface area contributed by atoms with Gasteiger partial charge >= 0.3 is 0 Å². The van der Waals surface area contributed by atoms with Crippen LogP contribution >= 0.6 is 0 Å². The lowest BCUT2D eigenvalue weighted by Crippen LogP contribution is -2.29. The molecule has 2 unspecified atom stereocenters. The van der Waals surface area contributed by atoms with E-state index in [9.17, 15) is 0 Å². The van der Waals surface area contributed by atoms with Gasteiger partial charge in [-0.3, -0.25) is 0 Å². The summed E-state index contributed by atoms with van der Waals surface area (Å²) in [7, 11) is 2.08. The third-order valence-corrected chi connectivity index (χ3v) is 5.09. The minimum absolute atomic E-state index is 0.482. The Bertz CT molecular complexity index is 388. The highest BCUT2D eigenvalue weighted by molar-refractivity contribution is 5.18. The molecule has 0 bridgehead atoms. The molecule has 1 aromatic rings. The van der Waals surface area contributed by atoms with Crippen LogP contribution in [0.3, 0.4) is 0 Å². The fourth-order valence-electron chi connectivity index (χ4n) is 3.55. The Balaban J connectivity index is 1.82. The second kappa shape index (κ2) is 8.55. The van der Waals surface area contributed by atoms with Gasteiger partial charge in [-0.1, -0.05) is 44.2 Å². The van der Waals surface area contributed by atoms with E-state index in [2.05, 4.69) is 61.4 Å². The number of benzene rings is 1. The maximum Gasteiger partial charge on any atom is 0.0329 e. The van der Waals surface area contributed by atoms with Crippen molar-refractivity contribution in [3.63, 3.8) is 0 Å². The van der Waals surface area contributed by atoms with Crippen LogP contribution in [0.2, 0.25) is 0 Å². The number of rotatable bonds is 6. The molecule has 1 saturated heterocycles. The van der Waals surface area contributed by atoms with Crippen LogP contribution in [0.5, 0.6) is 0 Å². The molecular formula is C19H32N2. The van der Waals surface area contributed by atoms with Crippen LogP contribution in [0.25, 0.3) is 0 Å². The van der Waals surface area contributed by atoms with Gasteiger partial charge in [0.1, 0.15) is 0 Å². The molecule has 1 N–H and O–H groups in total. The summed E-state index contributed by atoms with van der Waals surface area (Å²) in [6.45, 7) is 8.55. The maximum atomic E-state index is 3.47. The van der Waals surface area contributed by atoms with Gasteiger partial charge in [0.05, 0.1) is 0 Å². The normalized spacial score (nSPS) is 22.2. The molecular weight excluding hydrogens is 256 g/mol. The molecule has 0 aromatic heterocycles. The van der Waals surface area contributed by atoms with Crippen molar-refractivity contribution in [2.75, 3.05) is 26.7 Å². The molecule has 1 heterocycles. The highest BCUT2D eigenvalue weighted by Gasteiger charge is 2.20. The summed E-state index contributed by atoms with van der Waals surface area (Å²) in [6.07, 6.45) is 5.38. The molecule has 2 heteroatoms. The fourth-order valence-corrected chi connectivity index (χ4v) is 3.55. The smallest absolute Gasteiger partial charge is 0.0329 e. The minimum Gasteiger partial charge on any atom is -0.313 e. The molecule has 0 spiro atoms. The van der Waals surface area contributed by atoms with Crippen molar-refractivity contribution in [2.24, 2.45) is 11.8 Å². The average molecular weight is 288 g/mol. The second-order valence-corrected chi connectivity index (χ2v) is 6.82. The zero-order valence-electron chi connectivity index (χ0n) is 14.0. The van der Waals surface area contributed by atoms with Gasteiger partial charge < -0.3 is 10.2 Å². The summed E-state index contributed by atoms with van der Waals surface area (Å²) in [5.41, 5.74) is 1.41. The van der Waals surface area contributed by atoms with E-state index in [-0.39, 0.29) is 0 Å². The largest absolute Gasteiger partial charge is 0.313 e. The Morgan fingerprint density at radius 3 is 2.57 bits per heavy atom. The topological polar surface area (TPSA) is 15.3 Å². The molecule has 2 nitrogen and oxygen atoms in total. The van der Waals surface area contributed by atoms with Gasteiger partial charge in [-0.05, 0) is 69.8 Å². The summed E-state index contributed by atoms with van der Waals surface area (Å²) in [5, 5.41) is 3.47. The Hall–Kier alpha value is -0.860. The van der Waals surface area contributed by atoms with Gasteiger partial charge in [-0.25, -0.2) is 0 Å². The van der Waals surface area contributed by atoms with Crippen molar-refractivity contribution in [1.29, 1.82) is 0 Å². The molecule has 1 aromatic carbocycles. The van der Waals surface area contributed by atoms with E-state index in [1.807, 2.05) is 0 Å². The predicted molar refractivity (Wildman–Crippen MR) is 91.5 cm³/mol. The molecule has 0 saturated carbocycles. The zero-order chi connectivity index (χ0) is 15.1. The minimum atomic E-state index is 0.482. The monoisotopic (exact) mass is 288 g/mol. The highest BCUT2D eigenvalue weighted by atomic mass is 15.1. The molecule has 118 valence electrons. The Morgan fingerprint density at radius 2 is 1.90 bits per heavy atom. The Labute approximate surface area is 130 Å². The van der Waals surface area contributed by atoms with Crippen molar-refractivity contribution >= 4 is 0 Å². The van der Waals surface area contributed by atoms with Crippen LogP contribution in [0, 0.1) is 11.8 Å². The number of nitrogens with one attached hydrogen (secondary N) is 1. The lowest BCUT2D eigenvalue weighted by molar-refractivity contribution is 0.258. The molecule has 1 aliphatic rings. The number of hydrogen-bond donors (Lipinski definition) is 1. The first-order valence-electron chi connectivity index (χ1n) is 8.65. The van der Waals surface area contributed by atoms with Crippen molar-refractivity contribution in [1.82, 2.24) is 10.2 Å². The summed E-state index contributed by atoms with van der Waals surface area (Å²) in [6, 6.07) is 11.3.